The molecule has 0 bridgehead atoms. The van der Waals surface area contributed by atoms with E-state index in [9.17, 15) is 0 Å². The standard InChI is InChI=1S/C16H24N2/c17-16-8-4-3-7-15(16)13-9-11-18(12-10-13)14-5-1-2-6-14/h3-4,7-8,13-14H,1-2,5-6,9-12,17H2. The highest BCUT2D eigenvalue weighted by atomic mass is 15.2. The molecule has 1 aromatic carbocycles. The van der Waals surface area contributed by atoms with E-state index in [1.165, 1.54) is 57.2 Å². The van der Waals surface area contributed by atoms with Crippen molar-refractivity contribution in [1.82, 2.24) is 4.90 Å². The lowest BCUT2D eigenvalue weighted by atomic mass is 9.88. The van der Waals surface area contributed by atoms with Crippen molar-refractivity contribution in [3.63, 3.8) is 0 Å². The van der Waals surface area contributed by atoms with Gasteiger partial charge in [0, 0.05) is 11.7 Å². The number of hydrogen-bond acceptors (Lipinski definition) is 2. The summed E-state index contributed by atoms with van der Waals surface area (Å²) >= 11 is 0. The molecule has 0 atom stereocenters. The molecule has 1 aromatic rings. The Morgan fingerprint density at radius 1 is 0.944 bits per heavy atom. The number of anilines is 1. The highest BCUT2D eigenvalue weighted by Crippen LogP contribution is 2.34. The molecule has 0 aromatic heterocycles. The smallest absolute Gasteiger partial charge is 0.0349 e. The molecule has 2 heteroatoms. The van der Waals surface area contributed by atoms with Crippen LogP contribution in [0.15, 0.2) is 24.3 Å². The third-order valence-electron chi connectivity index (χ3n) is 4.81. The lowest BCUT2D eigenvalue weighted by Gasteiger charge is -2.36. The van der Waals surface area contributed by atoms with Crippen LogP contribution in [0.5, 0.6) is 0 Å². The molecular formula is C16H24N2. The van der Waals surface area contributed by atoms with Gasteiger partial charge in [-0.05, 0) is 56.3 Å². The maximum Gasteiger partial charge on any atom is 0.0349 e. The average molecular weight is 244 g/mol. The van der Waals surface area contributed by atoms with Crippen molar-refractivity contribution < 1.29 is 0 Å². The third-order valence-corrected chi connectivity index (χ3v) is 4.81. The van der Waals surface area contributed by atoms with Crippen LogP contribution in [-0.4, -0.2) is 24.0 Å². The summed E-state index contributed by atoms with van der Waals surface area (Å²) in [6.45, 7) is 2.54. The van der Waals surface area contributed by atoms with Crippen molar-refractivity contribution in [2.24, 2.45) is 0 Å². The van der Waals surface area contributed by atoms with E-state index in [2.05, 4.69) is 17.0 Å². The first-order chi connectivity index (χ1) is 8.84. The molecule has 3 rings (SSSR count). The molecule has 0 amide bonds. The number of hydrogen-bond donors (Lipinski definition) is 1. The summed E-state index contributed by atoms with van der Waals surface area (Å²) in [4.78, 5) is 2.72. The van der Waals surface area contributed by atoms with Crippen molar-refractivity contribution in [2.75, 3.05) is 18.8 Å². The molecule has 2 nitrogen and oxygen atoms in total. The van der Waals surface area contributed by atoms with Gasteiger partial charge in [-0.3, -0.25) is 0 Å². The number of nitrogens with two attached hydrogens (primary N) is 1. The van der Waals surface area contributed by atoms with Gasteiger partial charge in [0.25, 0.3) is 0 Å². The zero-order valence-corrected chi connectivity index (χ0v) is 11.1. The van der Waals surface area contributed by atoms with E-state index >= 15 is 0 Å². The Hall–Kier alpha value is -1.02. The van der Waals surface area contributed by atoms with Crippen molar-refractivity contribution in [2.45, 2.75) is 50.5 Å². The number of nitrogen functional groups attached to an aromatic ring is 1. The number of rotatable bonds is 2. The molecule has 1 saturated heterocycles. The second kappa shape index (κ2) is 5.31. The van der Waals surface area contributed by atoms with E-state index in [0.29, 0.717) is 5.92 Å². The van der Waals surface area contributed by atoms with Crippen molar-refractivity contribution in [3.05, 3.63) is 29.8 Å². The van der Waals surface area contributed by atoms with Crippen molar-refractivity contribution >= 4 is 5.69 Å². The van der Waals surface area contributed by atoms with Crippen LogP contribution in [0.3, 0.4) is 0 Å². The van der Waals surface area contributed by atoms with Crippen LogP contribution < -0.4 is 5.73 Å². The Morgan fingerprint density at radius 2 is 1.61 bits per heavy atom. The van der Waals surface area contributed by atoms with Crippen molar-refractivity contribution in [1.29, 1.82) is 0 Å². The minimum atomic E-state index is 0.684. The van der Waals surface area contributed by atoms with Gasteiger partial charge in [-0.15, -0.1) is 0 Å². The third kappa shape index (κ3) is 2.39. The summed E-state index contributed by atoms with van der Waals surface area (Å²) in [6.07, 6.45) is 8.30. The summed E-state index contributed by atoms with van der Waals surface area (Å²) in [5.74, 6) is 0.684. The van der Waals surface area contributed by atoms with Crippen LogP contribution >= 0.6 is 0 Å². The molecule has 2 N–H and O–H groups in total. The van der Waals surface area contributed by atoms with Gasteiger partial charge in [-0.2, -0.15) is 0 Å². The summed E-state index contributed by atoms with van der Waals surface area (Å²) in [7, 11) is 0. The Morgan fingerprint density at radius 3 is 2.28 bits per heavy atom. The number of nitrogens with zero attached hydrogens (tertiary/aromatic N) is 1. The van der Waals surface area contributed by atoms with Crippen LogP contribution in [0.4, 0.5) is 5.69 Å². The highest BCUT2D eigenvalue weighted by Gasteiger charge is 2.28. The predicted octanol–water partition coefficient (Wildman–Crippen LogP) is 3.39. The monoisotopic (exact) mass is 244 g/mol. The minimum absolute atomic E-state index is 0.684. The van der Waals surface area contributed by atoms with Gasteiger partial charge < -0.3 is 10.6 Å². The highest BCUT2D eigenvalue weighted by molar-refractivity contribution is 5.48. The van der Waals surface area contributed by atoms with Gasteiger partial charge >= 0.3 is 0 Å². The molecule has 2 fully saturated rings. The first-order valence-corrected chi connectivity index (χ1v) is 7.43. The lowest BCUT2D eigenvalue weighted by Crippen LogP contribution is -2.39. The molecule has 2 aliphatic rings. The average Bonchev–Trinajstić information content (AvgIpc) is 2.94. The summed E-state index contributed by atoms with van der Waals surface area (Å²) in [5, 5.41) is 0. The number of piperidine rings is 1. The number of benzene rings is 1. The topological polar surface area (TPSA) is 29.3 Å². The van der Waals surface area contributed by atoms with E-state index in [0.717, 1.165) is 11.7 Å². The van der Waals surface area contributed by atoms with Gasteiger partial charge in [-0.25, -0.2) is 0 Å². The Kier molecular flexibility index (Phi) is 3.55. The van der Waals surface area contributed by atoms with Crippen LogP contribution in [0, 0.1) is 0 Å². The fourth-order valence-electron chi connectivity index (χ4n) is 3.73. The molecule has 0 spiro atoms. The van der Waals surface area contributed by atoms with E-state index in [-0.39, 0.29) is 0 Å². The fraction of sp³-hybridized carbons (Fsp3) is 0.625. The molecule has 1 aliphatic carbocycles. The fourth-order valence-corrected chi connectivity index (χ4v) is 3.73. The maximum atomic E-state index is 6.09. The zero-order valence-electron chi connectivity index (χ0n) is 11.1. The molecule has 0 unspecified atom stereocenters. The lowest BCUT2D eigenvalue weighted by molar-refractivity contribution is 0.154. The first kappa shape index (κ1) is 12.0. The second-order valence-electron chi connectivity index (χ2n) is 5.88. The van der Waals surface area contributed by atoms with Gasteiger partial charge in [0.1, 0.15) is 0 Å². The zero-order chi connectivity index (χ0) is 12.4. The van der Waals surface area contributed by atoms with Crippen LogP contribution in [0.2, 0.25) is 0 Å². The normalized spacial score (nSPS) is 23.6. The van der Waals surface area contributed by atoms with E-state index in [1.807, 2.05) is 12.1 Å². The van der Waals surface area contributed by atoms with Crippen molar-refractivity contribution in [3.8, 4) is 0 Å². The SMILES string of the molecule is Nc1ccccc1C1CCN(C2CCCC2)CC1. The van der Waals surface area contributed by atoms with Crippen LogP contribution in [0.1, 0.15) is 50.0 Å². The largest absolute Gasteiger partial charge is 0.398 e. The molecule has 1 saturated carbocycles. The molecule has 98 valence electrons. The summed E-state index contributed by atoms with van der Waals surface area (Å²) in [6, 6.07) is 9.30. The first-order valence-electron chi connectivity index (χ1n) is 7.43. The number of para-hydroxylation sites is 1. The van der Waals surface area contributed by atoms with Gasteiger partial charge in [0.15, 0.2) is 0 Å². The second-order valence-corrected chi connectivity index (χ2v) is 5.88. The van der Waals surface area contributed by atoms with E-state index in [1.54, 1.807) is 0 Å². The molecular weight excluding hydrogens is 220 g/mol. The van der Waals surface area contributed by atoms with Gasteiger partial charge in [0.05, 0.1) is 0 Å². The quantitative estimate of drug-likeness (QED) is 0.808. The predicted molar refractivity (Wildman–Crippen MR) is 76.7 cm³/mol. The Labute approximate surface area is 110 Å². The molecule has 1 aliphatic heterocycles. The Bertz CT molecular complexity index is 388. The van der Waals surface area contributed by atoms with Gasteiger partial charge in [0.2, 0.25) is 0 Å². The molecule has 1 heterocycles. The summed E-state index contributed by atoms with van der Waals surface area (Å²) in [5.41, 5.74) is 8.46. The van der Waals surface area contributed by atoms with Crippen LogP contribution in [-0.2, 0) is 0 Å². The maximum absolute atomic E-state index is 6.09. The molecule has 18 heavy (non-hydrogen) atoms. The van der Waals surface area contributed by atoms with E-state index in [4.69, 9.17) is 5.73 Å². The van der Waals surface area contributed by atoms with Crippen LogP contribution in [0.25, 0.3) is 0 Å². The minimum Gasteiger partial charge on any atom is -0.398 e. The Balaban J connectivity index is 1.61. The van der Waals surface area contributed by atoms with E-state index < -0.39 is 0 Å². The van der Waals surface area contributed by atoms with Gasteiger partial charge in [-0.1, -0.05) is 31.0 Å². The number of likely N-dealkylation sites (tertiary alicyclic amines) is 1. The summed E-state index contributed by atoms with van der Waals surface area (Å²) < 4.78 is 0. The molecule has 0 radical (unpaired) electrons.